The Morgan fingerprint density at radius 3 is 1.59 bits per heavy atom. The largest absolute Gasteiger partial charge is 0.310 e. The van der Waals surface area contributed by atoms with E-state index in [1.165, 1.54) is 87.6 Å². The van der Waals surface area contributed by atoms with Gasteiger partial charge in [-0.2, -0.15) is 0 Å². The van der Waals surface area contributed by atoms with E-state index in [1.807, 2.05) is 0 Å². The first kappa shape index (κ1) is 32.5. The highest BCUT2D eigenvalue weighted by Gasteiger charge is 2.35. The van der Waals surface area contributed by atoms with Gasteiger partial charge in [-0.05, 0) is 130 Å². The third kappa shape index (κ3) is 5.01. The van der Waals surface area contributed by atoms with Gasteiger partial charge in [0.25, 0.3) is 0 Å². The summed E-state index contributed by atoms with van der Waals surface area (Å²) >= 11 is 0. The number of benzene rings is 10. The minimum absolute atomic E-state index is 0.106. The smallest absolute Gasteiger partial charge is 0.0468 e. The van der Waals surface area contributed by atoms with Gasteiger partial charge in [0.1, 0.15) is 0 Å². The van der Waals surface area contributed by atoms with Gasteiger partial charge < -0.3 is 4.90 Å². The Kier molecular flexibility index (Phi) is 7.28. The average molecular weight is 714 g/mol. The van der Waals surface area contributed by atoms with Crippen molar-refractivity contribution in [2.45, 2.75) is 19.3 Å². The van der Waals surface area contributed by atoms with Gasteiger partial charge >= 0.3 is 0 Å². The first-order valence-electron chi connectivity index (χ1n) is 19.6. The SMILES string of the molecule is CC1(C)c2ccccc2-c2ccc(N(c3ccc(-c4cccc(-c5cccc6ccccc56)c4)cc3)c3ccc4c5ccccc5c5ccccc5c4c3)cc21. The minimum Gasteiger partial charge on any atom is -0.310 e. The molecule has 10 aromatic rings. The number of hydrogen-bond donors (Lipinski definition) is 0. The molecule has 10 aromatic carbocycles. The Morgan fingerprint density at radius 1 is 0.304 bits per heavy atom. The highest BCUT2D eigenvalue weighted by Crippen LogP contribution is 2.51. The second kappa shape index (κ2) is 12.5. The Bertz CT molecular complexity index is 3130. The molecule has 1 heteroatoms. The molecular formula is C55H39N. The van der Waals surface area contributed by atoms with E-state index < -0.39 is 0 Å². The van der Waals surface area contributed by atoms with Crippen LogP contribution in [-0.4, -0.2) is 0 Å². The van der Waals surface area contributed by atoms with Crippen LogP contribution in [0.5, 0.6) is 0 Å². The van der Waals surface area contributed by atoms with Crippen molar-refractivity contribution >= 4 is 60.2 Å². The summed E-state index contributed by atoms with van der Waals surface area (Å²) in [6.45, 7) is 4.72. The molecule has 1 nitrogen and oxygen atoms in total. The predicted molar refractivity (Wildman–Crippen MR) is 240 cm³/mol. The van der Waals surface area contributed by atoms with Gasteiger partial charge in [-0.15, -0.1) is 0 Å². The van der Waals surface area contributed by atoms with E-state index in [1.54, 1.807) is 0 Å². The van der Waals surface area contributed by atoms with E-state index in [-0.39, 0.29) is 5.41 Å². The fourth-order valence-corrected chi connectivity index (χ4v) is 9.46. The molecule has 0 fully saturated rings. The van der Waals surface area contributed by atoms with Crippen molar-refractivity contribution < 1.29 is 0 Å². The molecule has 11 rings (SSSR count). The summed E-state index contributed by atoms with van der Waals surface area (Å²) in [7, 11) is 0. The standard InChI is InChI=1S/C55H39N/c1-55(2)53-24-10-9-22-50(53)51-32-30-42(35-54(51)55)56(41-29-31-49-47-20-6-5-18-45(47)46-19-7-8-21-48(46)52(49)34-41)40-27-25-36(26-28-40)38-15-11-16-39(33-38)44-23-12-14-37-13-3-4-17-43(37)44/h3-35H,1-2H3. The van der Waals surface area contributed by atoms with Crippen LogP contribution in [0.3, 0.4) is 0 Å². The molecule has 56 heavy (non-hydrogen) atoms. The van der Waals surface area contributed by atoms with Gasteiger partial charge in [0.15, 0.2) is 0 Å². The summed E-state index contributed by atoms with van der Waals surface area (Å²) in [5, 5.41) is 10.2. The van der Waals surface area contributed by atoms with Crippen LogP contribution in [0.4, 0.5) is 17.1 Å². The molecule has 0 radical (unpaired) electrons. The Morgan fingerprint density at radius 2 is 0.821 bits per heavy atom. The van der Waals surface area contributed by atoms with Gasteiger partial charge in [-0.25, -0.2) is 0 Å². The van der Waals surface area contributed by atoms with Gasteiger partial charge in [-0.1, -0.05) is 172 Å². The molecule has 0 heterocycles. The molecule has 0 N–H and O–H groups in total. The van der Waals surface area contributed by atoms with Crippen LogP contribution >= 0.6 is 0 Å². The summed E-state index contributed by atoms with van der Waals surface area (Å²) in [6.07, 6.45) is 0. The zero-order valence-corrected chi connectivity index (χ0v) is 31.5. The summed E-state index contributed by atoms with van der Waals surface area (Å²) < 4.78 is 0. The van der Waals surface area contributed by atoms with E-state index in [2.05, 4.69) is 219 Å². The number of anilines is 3. The normalized spacial score (nSPS) is 13.0. The quantitative estimate of drug-likeness (QED) is 0.161. The van der Waals surface area contributed by atoms with Crippen molar-refractivity contribution in [3.05, 3.63) is 211 Å². The molecule has 0 atom stereocenters. The molecule has 1 aliphatic carbocycles. The lowest BCUT2D eigenvalue weighted by atomic mass is 9.82. The van der Waals surface area contributed by atoms with E-state index >= 15 is 0 Å². The molecule has 0 aliphatic heterocycles. The molecule has 0 aromatic heterocycles. The van der Waals surface area contributed by atoms with Crippen molar-refractivity contribution in [1.29, 1.82) is 0 Å². The molecule has 0 spiro atoms. The number of nitrogens with zero attached hydrogens (tertiary/aromatic N) is 1. The zero-order valence-electron chi connectivity index (χ0n) is 31.5. The van der Waals surface area contributed by atoms with E-state index in [4.69, 9.17) is 0 Å². The predicted octanol–water partition coefficient (Wildman–Crippen LogP) is 15.4. The number of fused-ring (bicyclic) bond motifs is 10. The highest BCUT2D eigenvalue weighted by molar-refractivity contribution is 6.25. The average Bonchev–Trinajstić information content (AvgIpc) is 3.49. The first-order valence-corrected chi connectivity index (χ1v) is 19.6. The molecule has 0 saturated heterocycles. The van der Waals surface area contributed by atoms with Crippen LogP contribution in [0, 0.1) is 0 Å². The van der Waals surface area contributed by atoms with Gasteiger partial charge in [0.2, 0.25) is 0 Å². The van der Waals surface area contributed by atoms with Crippen molar-refractivity contribution in [3.63, 3.8) is 0 Å². The fourth-order valence-electron chi connectivity index (χ4n) is 9.46. The van der Waals surface area contributed by atoms with E-state index in [0.29, 0.717) is 0 Å². The number of hydrogen-bond acceptors (Lipinski definition) is 1. The molecule has 0 bridgehead atoms. The maximum atomic E-state index is 2.44. The second-order valence-corrected chi connectivity index (χ2v) is 15.7. The van der Waals surface area contributed by atoms with Crippen molar-refractivity contribution in [2.24, 2.45) is 0 Å². The van der Waals surface area contributed by atoms with Crippen LogP contribution in [0.15, 0.2) is 200 Å². The molecule has 0 saturated carbocycles. The maximum Gasteiger partial charge on any atom is 0.0468 e. The second-order valence-electron chi connectivity index (χ2n) is 15.7. The third-order valence-electron chi connectivity index (χ3n) is 12.2. The van der Waals surface area contributed by atoms with Crippen LogP contribution in [0.25, 0.3) is 76.5 Å². The monoisotopic (exact) mass is 713 g/mol. The molecule has 1 aliphatic rings. The summed E-state index contributed by atoms with van der Waals surface area (Å²) in [4.78, 5) is 2.44. The van der Waals surface area contributed by atoms with E-state index in [0.717, 1.165) is 17.1 Å². The Labute approximate surface area is 327 Å². The highest BCUT2D eigenvalue weighted by atomic mass is 15.1. The first-order chi connectivity index (χ1) is 27.5. The summed E-state index contributed by atoms with van der Waals surface area (Å²) in [6, 6.07) is 74.0. The lowest BCUT2D eigenvalue weighted by Crippen LogP contribution is -2.16. The van der Waals surface area contributed by atoms with Crippen molar-refractivity contribution in [3.8, 4) is 33.4 Å². The topological polar surface area (TPSA) is 3.24 Å². The summed E-state index contributed by atoms with van der Waals surface area (Å²) in [5.41, 5.74) is 13.6. The zero-order chi connectivity index (χ0) is 37.4. The van der Waals surface area contributed by atoms with Gasteiger partial charge in [0.05, 0.1) is 0 Å². The Balaban J connectivity index is 1.07. The van der Waals surface area contributed by atoms with Crippen molar-refractivity contribution in [1.82, 2.24) is 0 Å². The molecule has 0 unspecified atom stereocenters. The van der Waals surface area contributed by atoms with Crippen LogP contribution in [-0.2, 0) is 5.41 Å². The maximum absolute atomic E-state index is 2.44. The van der Waals surface area contributed by atoms with Gasteiger partial charge in [-0.3, -0.25) is 0 Å². The van der Waals surface area contributed by atoms with Gasteiger partial charge in [0, 0.05) is 22.5 Å². The van der Waals surface area contributed by atoms with Crippen LogP contribution in [0.2, 0.25) is 0 Å². The van der Waals surface area contributed by atoms with Crippen LogP contribution in [0.1, 0.15) is 25.0 Å². The molecule has 264 valence electrons. The lowest BCUT2D eigenvalue weighted by molar-refractivity contribution is 0.660. The lowest BCUT2D eigenvalue weighted by Gasteiger charge is -2.28. The fraction of sp³-hybridized carbons (Fsp3) is 0.0545. The minimum atomic E-state index is -0.106. The third-order valence-corrected chi connectivity index (χ3v) is 12.2. The molecular weight excluding hydrogens is 675 g/mol. The van der Waals surface area contributed by atoms with E-state index in [9.17, 15) is 0 Å². The van der Waals surface area contributed by atoms with Crippen LogP contribution < -0.4 is 4.90 Å². The molecule has 0 amide bonds. The van der Waals surface area contributed by atoms with Crippen molar-refractivity contribution in [2.75, 3.05) is 4.90 Å². The Hall–Kier alpha value is -6.96. The summed E-state index contributed by atoms with van der Waals surface area (Å²) in [5.74, 6) is 0. The number of rotatable bonds is 5.